The molecule has 1 saturated heterocycles. The molecule has 0 aliphatic carbocycles. The van der Waals surface area contributed by atoms with Crippen LogP contribution < -0.4 is 0 Å². The number of rotatable bonds is 1. The van der Waals surface area contributed by atoms with Gasteiger partial charge in [-0.15, -0.1) is 0 Å². The van der Waals surface area contributed by atoms with Gasteiger partial charge < -0.3 is 20.0 Å². The van der Waals surface area contributed by atoms with E-state index in [1.807, 2.05) is 0 Å². The quantitative estimate of drug-likeness (QED) is 0.460. The molecule has 1 aliphatic rings. The highest BCUT2D eigenvalue weighted by Crippen LogP contribution is 2.63. The van der Waals surface area contributed by atoms with Gasteiger partial charge >= 0.3 is 15.6 Å². The first kappa shape index (κ1) is 14.2. The highest BCUT2D eigenvalue weighted by Gasteiger charge is 2.48. The molecule has 1 heterocycles. The Hall–Kier alpha value is 0.180. The van der Waals surface area contributed by atoms with Gasteiger partial charge in [-0.2, -0.15) is 4.31 Å². The van der Waals surface area contributed by atoms with Crippen molar-refractivity contribution in [3.05, 3.63) is 0 Å². The standard InChI is InChI=1S/C5H12O9P2/c1-5(3-6)4(7)2-12-15(8,9)14-16(10,11)13-5/h4,6-7H,2-3H2,1H3,(H,8,9)(H,10,11). The summed E-state index contributed by atoms with van der Waals surface area (Å²) in [5.41, 5.74) is -1.83. The minimum Gasteiger partial charge on any atom is -0.393 e. The summed E-state index contributed by atoms with van der Waals surface area (Å²) >= 11 is 0. The average Bonchev–Trinajstić information content (AvgIpc) is 2.10. The van der Waals surface area contributed by atoms with Crippen LogP contribution in [0, 0.1) is 0 Å². The molecule has 4 atom stereocenters. The Morgan fingerprint density at radius 3 is 2.44 bits per heavy atom. The molecule has 0 amide bonds. The van der Waals surface area contributed by atoms with Crippen LogP contribution in [0.25, 0.3) is 0 Å². The van der Waals surface area contributed by atoms with E-state index in [9.17, 15) is 14.2 Å². The van der Waals surface area contributed by atoms with Crippen molar-refractivity contribution >= 4 is 15.6 Å². The lowest BCUT2D eigenvalue weighted by atomic mass is 10.0. The third-order valence-corrected chi connectivity index (χ3v) is 4.72. The Bertz CT molecular complexity index is 356. The van der Waals surface area contributed by atoms with Crippen LogP contribution >= 0.6 is 15.6 Å². The fraction of sp³-hybridized carbons (Fsp3) is 1.00. The average molecular weight is 278 g/mol. The number of hydrogen-bond acceptors (Lipinski definition) is 7. The van der Waals surface area contributed by atoms with Gasteiger partial charge in [-0.1, -0.05) is 0 Å². The minimum atomic E-state index is -4.91. The second kappa shape index (κ2) is 4.45. The van der Waals surface area contributed by atoms with Gasteiger partial charge in [0, 0.05) is 0 Å². The zero-order valence-electron chi connectivity index (χ0n) is 8.22. The van der Waals surface area contributed by atoms with Crippen LogP contribution in [0.2, 0.25) is 0 Å². The lowest BCUT2D eigenvalue weighted by molar-refractivity contribution is -0.109. The molecule has 0 spiro atoms. The third-order valence-electron chi connectivity index (χ3n) is 1.94. The molecular formula is C5H12O9P2. The highest BCUT2D eigenvalue weighted by molar-refractivity contribution is 7.61. The van der Waals surface area contributed by atoms with E-state index < -0.39 is 40.6 Å². The predicted molar refractivity (Wildman–Crippen MR) is 49.3 cm³/mol. The van der Waals surface area contributed by atoms with Crippen molar-refractivity contribution in [2.75, 3.05) is 13.2 Å². The van der Waals surface area contributed by atoms with Crippen LogP contribution in [-0.4, -0.2) is 44.9 Å². The summed E-state index contributed by atoms with van der Waals surface area (Å²) in [5.74, 6) is 0. The zero-order valence-corrected chi connectivity index (χ0v) is 10.0. The molecule has 0 radical (unpaired) electrons. The topological polar surface area (TPSA) is 143 Å². The molecule has 1 fully saturated rings. The van der Waals surface area contributed by atoms with Crippen LogP contribution in [0.1, 0.15) is 6.92 Å². The molecule has 1 aliphatic heterocycles. The molecule has 4 unspecified atom stereocenters. The maximum Gasteiger partial charge on any atom is 0.481 e. The van der Waals surface area contributed by atoms with Crippen molar-refractivity contribution in [3.63, 3.8) is 0 Å². The smallest absolute Gasteiger partial charge is 0.393 e. The first-order chi connectivity index (χ1) is 7.10. The van der Waals surface area contributed by atoms with Gasteiger partial charge in [0.05, 0.1) is 13.2 Å². The predicted octanol–water partition coefficient (Wildman–Crippen LogP) is -0.638. The molecule has 0 saturated carbocycles. The number of phosphoric acid groups is 2. The SMILES string of the molecule is CC1(CO)OP(=O)(O)OP(=O)(O)OCC1O. The third kappa shape index (κ3) is 3.33. The molecular weight excluding hydrogens is 266 g/mol. The van der Waals surface area contributed by atoms with E-state index in [2.05, 4.69) is 13.4 Å². The highest BCUT2D eigenvalue weighted by atomic mass is 31.3. The zero-order chi connectivity index (χ0) is 12.6. The molecule has 9 nitrogen and oxygen atoms in total. The second-order valence-electron chi connectivity index (χ2n) is 3.39. The molecule has 11 heteroatoms. The van der Waals surface area contributed by atoms with Crippen molar-refractivity contribution in [1.82, 2.24) is 0 Å². The van der Waals surface area contributed by atoms with E-state index in [1.165, 1.54) is 0 Å². The Labute approximate surface area is 90.8 Å². The van der Waals surface area contributed by atoms with Crippen LogP contribution in [0.3, 0.4) is 0 Å². The van der Waals surface area contributed by atoms with Crippen LogP contribution in [0.5, 0.6) is 0 Å². The monoisotopic (exact) mass is 278 g/mol. The summed E-state index contributed by atoms with van der Waals surface area (Å²) in [7, 11) is -9.68. The van der Waals surface area contributed by atoms with Gasteiger partial charge in [0.2, 0.25) is 0 Å². The van der Waals surface area contributed by atoms with Gasteiger partial charge in [-0.3, -0.25) is 9.05 Å². The molecule has 0 aromatic heterocycles. The summed E-state index contributed by atoms with van der Waals surface area (Å²) in [6, 6.07) is 0. The first-order valence-electron chi connectivity index (χ1n) is 4.11. The first-order valence-corrected chi connectivity index (χ1v) is 7.10. The van der Waals surface area contributed by atoms with E-state index in [0.29, 0.717) is 0 Å². The molecule has 1 rings (SSSR count). The largest absolute Gasteiger partial charge is 0.481 e. The van der Waals surface area contributed by atoms with E-state index in [-0.39, 0.29) is 0 Å². The molecule has 96 valence electrons. The van der Waals surface area contributed by atoms with Gasteiger partial charge in [0.15, 0.2) is 0 Å². The van der Waals surface area contributed by atoms with Crippen LogP contribution in [0.15, 0.2) is 0 Å². The maximum absolute atomic E-state index is 11.2. The summed E-state index contributed by atoms with van der Waals surface area (Å²) in [6.45, 7) is -0.368. The van der Waals surface area contributed by atoms with E-state index >= 15 is 0 Å². The molecule has 0 aromatic carbocycles. The van der Waals surface area contributed by atoms with Crippen molar-refractivity contribution in [2.45, 2.75) is 18.6 Å². The summed E-state index contributed by atoms with van der Waals surface area (Å²) in [6.07, 6.45) is -1.57. The normalized spacial score (nSPS) is 50.7. The van der Waals surface area contributed by atoms with E-state index in [1.54, 1.807) is 0 Å². The van der Waals surface area contributed by atoms with Crippen molar-refractivity contribution in [2.24, 2.45) is 0 Å². The van der Waals surface area contributed by atoms with Crippen LogP contribution in [-0.2, 0) is 22.5 Å². The maximum atomic E-state index is 11.2. The van der Waals surface area contributed by atoms with E-state index in [0.717, 1.165) is 6.92 Å². The van der Waals surface area contributed by atoms with Crippen molar-refractivity contribution in [1.29, 1.82) is 0 Å². The summed E-state index contributed by atoms with van der Waals surface area (Å²) in [4.78, 5) is 18.0. The number of hydrogen-bond donors (Lipinski definition) is 4. The Kier molecular flexibility index (Phi) is 3.96. The van der Waals surface area contributed by atoms with Gasteiger partial charge in [0.25, 0.3) is 0 Å². The Morgan fingerprint density at radius 2 is 1.94 bits per heavy atom. The van der Waals surface area contributed by atoms with Crippen molar-refractivity contribution in [3.8, 4) is 0 Å². The molecule has 4 N–H and O–H groups in total. The van der Waals surface area contributed by atoms with Gasteiger partial charge in [-0.25, -0.2) is 9.13 Å². The van der Waals surface area contributed by atoms with Crippen LogP contribution in [0.4, 0.5) is 0 Å². The van der Waals surface area contributed by atoms with Gasteiger partial charge in [-0.05, 0) is 6.92 Å². The van der Waals surface area contributed by atoms with E-state index in [4.69, 9.17) is 14.9 Å². The Balaban J connectivity index is 3.01. The minimum absolute atomic E-state index is 0.690. The number of aliphatic hydroxyl groups is 2. The second-order valence-corrected chi connectivity index (χ2v) is 6.36. The lowest BCUT2D eigenvalue weighted by Gasteiger charge is -2.35. The fourth-order valence-corrected chi connectivity index (χ4v) is 3.37. The summed E-state index contributed by atoms with van der Waals surface area (Å²) < 4.78 is 34.7. The number of aliphatic hydroxyl groups excluding tert-OH is 2. The summed E-state index contributed by atoms with van der Waals surface area (Å²) in [5, 5.41) is 18.4. The molecule has 0 aromatic rings. The molecule has 16 heavy (non-hydrogen) atoms. The van der Waals surface area contributed by atoms with Crippen molar-refractivity contribution < 1.29 is 42.5 Å². The fourth-order valence-electron chi connectivity index (χ4n) is 0.970. The number of phosphoric ester groups is 2. The van der Waals surface area contributed by atoms with Gasteiger partial charge in [0.1, 0.15) is 11.7 Å². The Morgan fingerprint density at radius 1 is 1.38 bits per heavy atom. The molecule has 0 bridgehead atoms. The lowest BCUT2D eigenvalue weighted by Crippen LogP contribution is -2.47.